The number of thiophene rings is 1. The highest BCUT2D eigenvalue weighted by molar-refractivity contribution is 7.12. The van der Waals surface area contributed by atoms with Crippen molar-refractivity contribution in [2.75, 3.05) is 19.6 Å². The molecule has 1 aliphatic carbocycles. The van der Waals surface area contributed by atoms with Gasteiger partial charge in [0.15, 0.2) is 0 Å². The van der Waals surface area contributed by atoms with Crippen LogP contribution in [0.4, 0.5) is 0 Å². The largest absolute Gasteiger partial charge is 0.349 e. The van der Waals surface area contributed by atoms with Gasteiger partial charge in [-0.1, -0.05) is 6.07 Å². The summed E-state index contributed by atoms with van der Waals surface area (Å²) in [6, 6.07) is 3.83. The van der Waals surface area contributed by atoms with E-state index in [9.17, 15) is 9.59 Å². The molecule has 148 valence electrons. The van der Waals surface area contributed by atoms with Gasteiger partial charge in [0.2, 0.25) is 5.82 Å². The summed E-state index contributed by atoms with van der Waals surface area (Å²) in [5.41, 5.74) is 0.120. The normalized spacial score (nSPS) is 24.2. The minimum absolute atomic E-state index is 0.109. The molecule has 5 rings (SSSR count). The zero-order valence-corrected chi connectivity index (χ0v) is 16.7. The van der Waals surface area contributed by atoms with Crippen molar-refractivity contribution in [3.63, 3.8) is 0 Å². The van der Waals surface area contributed by atoms with E-state index in [1.807, 2.05) is 27.0 Å². The molecule has 1 saturated heterocycles. The zero-order chi connectivity index (χ0) is 19.1. The average molecular weight is 400 g/mol. The Morgan fingerprint density at radius 2 is 2.07 bits per heavy atom. The van der Waals surface area contributed by atoms with Crippen molar-refractivity contribution in [1.29, 1.82) is 0 Å². The number of aromatic nitrogens is 3. The van der Waals surface area contributed by atoms with E-state index in [1.54, 1.807) is 0 Å². The van der Waals surface area contributed by atoms with Gasteiger partial charge >= 0.3 is 0 Å². The Morgan fingerprint density at radius 3 is 2.86 bits per heavy atom. The Kier molecular flexibility index (Phi) is 4.45. The van der Waals surface area contributed by atoms with Crippen LogP contribution in [0.25, 0.3) is 0 Å². The van der Waals surface area contributed by atoms with Gasteiger partial charge in [0.05, 0.1) is 4.88 Å². The van der Waals surface area contributed by atoms with Crippen LogP contribution in [-0.4, -0.2) is 51.1 Å². The van der Waals surface area contributed by atoms with Crippen molar-refractivity contribution >= 4 is 23.2 Å². The van der Waals surface area contributed by atoms with Crippen molar-refractivity contribution in [3.8, 4) is 0 Å². The van der Waals surface area contributed by atoms with Crippen LogP contribution in [0.1, 0.15) is 58.2 Å². The molecule has 8 heteroatoms. The number of likely N-dealkylation sites (tertiary alicyclic amines) is 1. The smallest absolute Gasteiger partial charge is 0.289 e. The highest BCUT2D eigenvalue weighted by Gasteiger charge is 2.42. The van der Waals surface area contributed by atoms with Crippen LogP contribution in [0, 0.1) is 11.3 Å². The van der Waals surface area contributed by atoms with Crippen molar-refractivity contribution < 1.29 is 9.59 Å². The molecule has 2 aromatic heterocycles. The summed E-state index contributed by atoms with van der Waals surface area (Å²) in [6.07, 6.45) is 6.19. The first-order valence-electron chi connectivity index (χ1n) is 10.2. The van der Waals surface area contributed by atoms with E-state index in [0.717, 1.165) is 62.6 Å². The summed E-state index contributed by atoms with van der Waals surface area (Å²) < 4.78 is 2.00. The van der Waals surface area contributed by atoms with E-state index in [4.69, 9.17) is 0 Å². The Balaban J connectivity index is 1.26. The van der Waals surface area contributed by atoms with Crippen LogP contribution in [0.5, 0.6) is 0 Å². The number of hydrogen-bond acceptors (Lipinski definition) is 5. The zero-order valence-electron chi connectivity index (χ0n) is 15.9. The second kappa shape index (κ2) is 6.99. The summed E-state index contributed by atoms with van der Waals surface area (Å²) >= 11 is 1.51. The second-order valence-corrected chi connectivity index (χ2v) is 9.40. The number of carbonyl (C=O) groups excluding carboxylic acids is 2. The molecule has 3 aliphatic rings. The molecular weight excluding hydrogens is 374 g/mol. The van der Waals surface area contributed by atoms with Gasteiger partial charge in [-0.2, -0.15) is 0 Å². The molecule has 1 saturated carbocycles. The van der Waals surface area contributed by atoms with E-state index >= 15 is 0 Å². The van der Waals surface area contributed by atoms with Crippen molar-refractivity contribution in [3.05, 3.63) is 34.0 Å². The Bertz CT molecular complexity index is 889. The molecule has 4 heterocycles. The number of hydrogen-bond donors (Lipinski definition) is 1. The van der Waals surface area contributed by atoms with Gasteiger partial charge in [0, 0.05) is 32.6 Å². The maximum Gasteiger partial charge on any atom is 0.289 e. The van der Waals surface area contributed by atoms with E-state index in [1.165, 1.54) is 24.2 Å². The lowest BCUT2D eigenvalue weighted by molar-refractivity contribution is 0.0772. The van der Waals surface area contributed by atoms with Crippen LogP contribution in [-0.2, 0) is 13.0 Å². The third-order valence-corrected chi connectivity index (χ3v) is 7.34. The quantitative estimate of drug-likeness (QED) is 0.856. The highest BCUT2D eigenvalue weighted by Crippen LogP contribution is 2.41. The van der Waals surface area contributed by atoms with Gasteiger partial charge in [-0.05, 0) is 54.9 Å². The van der Waals surface area contributed by atoms with Crippen molar-refractivity contribution in [2.24, 2.45) is 11.3 Å². The Labute approximate surface area is 168 Å². The molecule has 7 nitrogen and oxygen atoms in total. The molecule has 2 aromatic rings. The number of aryl methyl sites for hydroxylation is 1. The lowest BCUT2D eigenvalue weighted by Gasteiger charge is -2.27. The van der Waals surface area contributed by atoms with Gasteiger partial charge in [0.1, 0.15) is 5.82 Å². The molecule has 2 aliphatic heterocycles. The van der Waals surface area contributed by atoms with E-state index in [-0.39, 0.29) is 17.2 Å². The molecule has 1 atom stereocenters. The van der Waals surface area contributed by atoms with Gasteiger partial charge in [0.25, 0.3) is 11.8 Å². The standard InChI is InChI=1S/C20H25N5O2S/c26-18(21-12-14-3-4-14)17-23-22-16-5-6-20(8-10-25(16)17)7-9-24(13-20)19(27)15-2-1-11-28-15/h1-2,11,14H,3-10,12-13H2,(H,21,26)/t20-/m1/s1. The molecule has 0 aromatic carbocycles. The fraction of sp³-hybridized carbons (Fsp3) is 0.600. The molecule has 28 heavy (non-hydrogen) atoms. The minimum Gasteiger partial charge on any atom is -0.349 e. The first-order valence-corrected chi connectivity index (χ1v) is 11.0. The van der Waals surface area contributed by atoms with Crippen molar-refractivity contribution in [2.45, 2.75) is 45.1 Å². The highest BCUT2D eigenvalue weighted by atomic mass is 32.1. The maximum atomic E-state index is 12.7. The number of amides is 2. The van der Waals surface area contributed by atoms with Gasteiger partial charge in [-0.25, -0.2) is 0 Å². The number of nitrogens with zero attached hydrogens (tertiary/aromatic N) is 4. The van der Waals surface area contributed by atoms with Gasteiger partial charge in [-0.15, -0.1) is 21.5 Å². The number of rotatable bonds is 4. The van der Waals surface area contributed by atoms with Gasteiger partial charge < -0.3 is 14.8 Å². The first kappa shape index (κ1) is 17.8. The summed E-state index contributed by atoms with van der Waals surface area (Å²) in [7, 11) is 0. The molecule has 0 radical (unpaired) electrons. The second-order valence-electron chi connectivity index (χ2n) is 8.45. The Hall–Kier alpha value is -2.22. The fourth-order valence-corrected chi connectivity index (χ4v) is 5.18. The lowest BCUT2D eigenvalue weighted by atomic mass is 9.80. The molecule has 0 bridgehead atoms. The fourth-order valence-electron chi connectivity index (χ4n) is 4.48. The molecule has 2 amide bonds. The predicted molar refractivity (Wildman–Crippen MR) is 105 cm³/mol. The van der Waals surface area contributed by atoms with Crippen LogP contribution >= 0.6 is 11.3 Å². The van der Waals surface area contributed by atoms with Crippen LogP contribution in [0.2, 0.25) is 0 Å². The van der Waals surface area contributed by atoms with E-state index in [0.29, 0.717) is 11.7 Å². The van der Waals surface area contributed by atoms with E-state index in [2.05, 4.69) is 15.5 Å². The molecular formula is C20H25N5O2S. The Morgan fingerprint density at radius 1 is 1.21 bits per heavy atom. The first-order chi connectivity index (χ1) is 13.6. The number of carbonyl (C=O) groups is 2. The monoisotopic (exact) mass is 399 g/mol. The molecule has 2 fully saturated rings. The average Bonchev–Trinajstić information content (AvgIpc) is 3.10. The summed E-state index contributed by atoms with van der Waals surface area (Å²) in [4.78, 5) is 28.1. The van der Waals surface area contributed by atoms with Crippen LogP contribution in [0.3, 0.4) is 0 Å². The van der Waals surface area contributed by atoms with E-state index < -0.39 is 0 Å². The third kappa shape index (κ3) is 3.34. The predicted octanol–water partition coefficient (Wildman–Crippen LogP) is 2.35. The molecule has 0 unspecified atom stereocenters. The van der Waals surface area contributed by atoms with Crippen LogP contribution in [0.15, 0.2) is 17.5 Å². The topological polar surface area (TPSA) is 80.1 Å². The summed E-state index contributed by atoms with van der Waals surface area (Å²) in [5, 5.41) is 13.4. The van der Waals surface area contributed by atoms with Crippen LogP contribution < -0.4 is 5.32 Å². The van der Waals surface area contributed by atoms with Gasteiger partial charge in [-0.3, -0.25) is 9.59 Å². The summed E-state index contributed by atoms with van der Waals surface area (Å²) in [6.45, 7) is 3.09. The summed E-state index contributed by atoms with van der Waals surface area (Å²) in [5.74, 6) is 2.02. The molecule has 1 spiro atoms. The lowest BCUT2D eigenvalue weighted by Crippen LogP contribution is -2.32. The SMILES string of the molecule is O=C(NCC1CC1)c1nnc2n1CC[C@@]1(CC2)CCN(C(=O)c2cccs2)C1. The number of fused-ring (bicyclic) bond motifs is 1. The van der Waals surface area contributed by atoms with Crippen molar-refractivity contribution in [1.82, 2.24) is 25.0 Å². The minimum atomic E-state index is -0.109. The third-order valence-electron chi connectivity index (χ3n) is 6.48. The number of nitrogens with one attached hydrogen (secondary N) is 1. The molecule has 1 N–H and O–H groups in total. The maximum absolute atomic E-state index is 12.7.